The molecule has 2 heterocycles. The first-order valence-corrected chi connectivity index (χ1v) is 7.41. The maximum absolute atomic E-state index is 5.25. The molecule has 0 atom stereocenters. The van der Waals surface area contributed by atoms with Crippen molar-refractivity contribution in [1.29, 1.82) is 0 Å². The van der Waals surface area contributed by atoms with Crippen molar-refractivity contribution in [3.05, 3.63) is 52.5 Å². The fourth-order valence-corrected chi connectivity index (χ4v) is 2.48. The van der Waals surface area contributed by atoms with Gasteiger partial charge in [-0.1, -0.05) is 22.9 Å². The summed E-state index contributed by atoms with van der Waals surface area (Å²) in [6.45, 7) is 2.85. The van der Waals surface area contributed by atoms with Gasteiger partial charge in [-0.2, -0.15) is 16.3 Å². The summed E-state index contributed by atoms with van der Waals surface area (Å²) >= 11 is 1.63. The minimum atomic E-state index is 0.658. The van der Waals surface area contributed by atoms with Gasteiger partial charge in [-0.15, -0.1) is 0 Å². The summed E-state index contributed by atoms with van der Waals surface area (Å²) < 4.78 is 5.25. The van der Waals surface area contributed by atoms with Crippen LogP contribution in [-0.4, -0.2) is 16.7 Å². The fourth-order valence-electron chi connectivity index (χ4n) is 1.85. The van der Waals surface area contributed by atoms with Gasteiger partial charge in [0.25, 0.3) is 0 Å². The highest BCUT2D eigenvalue weighted by molar-refractivity contribution is 7.08. The van der Waals surface area contributed by atoms with Crippen LogP contribution in [0.25, 0.3) is 11.4 Å². The molecule has 0 amide bonds. The first-order chi connectivity index (χ1) is 9.81. The SMILES string of the molecule is Cc1ccc(NCCc2nc(-c3ccsc3)no2)cc1. The lowest BCUT2D eigenvalue weighted by atomic mass is 10.2. The second-order valence-electron chi connectivity index (χ2n) is 4.57. The Balaban J connectivity index is 1.55. The van der Waals surface area contributed by atoms with E-state index in [2.05, 4.69) is 46.6 Å². The number of thiophene rings is 1. The summed E-state index contributed by atoms with van der Waals surface area (Å²) in [5.41, 5.74) is 3.37. The molecule has 3 aromatic rings. The third-order valence-corrected chi connectivity index (χ3v) is 3.65. The van der Waals surface area contributed by atoms with Crippen molar-refractivity contribution in [3.63, 3.8) is 0 Å². The van der Waals surface area contributed by atoms with Crippen molar-refractivity contribution in [2.45, 2.75) is 13.3 Å². The van der Waals surface area contributed by atoms with E-state index in [1.165, 1.54) is 5.56 Å². The second kappa shape index (κ2) is 5.88. The summed E-state index contributed by atoms with van der Waals surface area (Å²) in [4.78, 5) is 4.39. The van der Waals surface area contributed by atoms with Crippen molar-refractivity contribution >= 4 is 17.0 Å². The van der Waals surface area contributed by atoms with E-state index < -0.39 is 0 Å². The molecule has 0 fully saturated rings. The number of benzene rings is 1. The monoisotopic (exact) mass is 285 g/mol. The van der Waals surface area contributed by atoms with Crippen molar-refractivity contribution in [2.75, 3.05) is 11.9 Å². The highest BCUT2D eigenvalue weighted by Crippen LogP contribution is 2.18. The first kappa shape index (κ1) is 12.9. The van der Waals surface area contributed by atoms with Crippen LogP contribution in [0.15, 0.2) is 45.6 Å². The van der Waals surface area contributed by atoms with Crippen LogP contribution in [0, 0.1) is 6.92 Å². The van der Waals surface area contributed by atoms with Gasteiger partial charge in [-0.05, 0) is 30.5 Å². The van der Waals surface area contributed by atoms with E-state index in [4.69, 9.17) is 4.52 Å². The average Bonchev–Trinajstić information content (AvgIpc) is 3.11. The van der Waals surface area contributed by atoms with E-state index in [1.54, 1.807) is 11.3 Å². The second-order valence-corrected chi connectivity index (χ2v) is 5.35. The van der Waals surface area contributed by atoms with Gasteiger partial charge in [0.15, 0.2) is 0 Å². The van der Waals surface area contributed by atoms with Crippen molar-refractivity contribution in [2.24, 2.45) is 0 Å². The number of nitrogens with zero attached hydrogens (tertiary/aromatic N) is 2. The molecule has 3 rings (SSSR count). The van der Waals surface area contributed by atoms with Crippen LogP contribution in [-0.2, 0) is 6.42 Å². The van der Waals surface area contributed by atoms with Gasteiger partial charge in [0, 0.05) is 29.6 Å². The molecule has 0 radical (unpaired) electrons. The Labute approximate surface area is 121 Å². The average molecular weight is 285 g/mol. The van der Waals surface area contributed by atoms with Crippen LogP contribution in [0.3, 0.4) is 0 Å². The quantitative estimate of drug-likeness (QED) is 0.775. The molecule has 102 valence electrons. The van der Waals surface area contributed by atoms with Crippen LogP contribution in [0.5, 0.6) is 0 Å². The zero-order valence-electron chi connectivity index (χ0n) is 11.2. The molecular formula is C15H15N3OS. The number of aromatic nitrogens is 2. The molecule has 0 aliphatic carbocycles. The highest BCUT2D eigenvalue weighted by Gasteiger charge is 2.08. The topological polar surface area (TPSA) is 51.0 Å². The van der Waals surface area contributed by atoms with Crippen molar-refractivity contribution < 1.29 is 4.52 Å². The smallest absolute Gasteiger partial charge is 0.228 e. The molecular weight excluding hydrogens is 270 g/mol. The normalized spacial score (nSPS) is 10.7. The van der Waals surface area contributed by atoms with E-state index >= 15 is 0 Å². The Bertz CT molecular complexity index is 659. The maximum Gasteiger partial charge on any atom is 0.228 e. The maximum atomic E-state index is 5.25. The Morgan fingerprint density at radius 3 is 2.80 bits per heavy atom. The van der Waals surface area contributed by atoms with Crippen LogP contribution in [0.2, 0.25) is 0 Å². The van der Waals surface area contributed by atoms with Gasteiger partial charge < -0.3 is 9.84 Å². The van der Waals surface area contributed by atoms with Gasteiger partial charge in [0.2, 0.25) is 11.7 Å². The number of aryl methyl sites for hydroxylation is 1. The van der Waals surface area contributed by atoms with Gasteiger partial charge in [-0.25, -0.2) is 0 Å². The van der Waals surface area contributed by atoms with Gasteiger partial charge >= 0.3 is 0 Å². The van der Waals surface area contributed by atoms with E-state index in [0.29, 0.717) is 18.1 Å². The molecule has 4 nitrogen and oxygen atoms in total. The molecule has 0 aliphatic rings. The standard InChI is InChI=1S/C15H15N3OS/c1-11-2-4-13(5-3-11)16-8-6-14-17-15(18-19-14)12-7-9-20-10-12/h2-5,7,9-10,16H,6,8H2,1H3. The molecule has 0 saturated carbocycles. The number of hydrogen-bond acceptors (Lipinski definition) is 5. The molecule has 1 aromatic carbocycles. The molecule has 0 aliphatic heterocycles. The van der Waals surface area contributed by atoms with E-state index in [-0.39, 0.29) is 0 Å². The summed E-state index contributed by atoms with van der Waals surface area (Å²) in [7, 11) is 0. The predicted octanol–water partition coefficient (Wildman–Crippen LogP) is 3.76. The molecule has 1 N–H and O–H groups in total. The third kappa shape index (κ3) is 3.05. The summed E-state index contributed by atoms with van der Waals surface area (Å²) in [6, 6.07) is 10.3. The lowest BCUT2D eigenvalue weighted by Crippen LogP contribution is -2.04. The summed E-state index contributed by atoms with van der Waals surface area (Å²) in [6.07, 6.45) is 0.713. The summed E-state index contributed by atoms with van der Waals surface area (Å²) in [5, 5.41) is 11.3. The fraction of sp³-hybridized carbons (Fsp3) is 0.200. The van der Waals surface area contributed by atoms with Crippen molar-refractivity contribution in [3.8, 4) is 11.4 Å². The van der Waals surface area contributed by atoms with Crippen LogP contribution < -0.4 is 5.32 Å². The Hall–Kier alpha value is -2.14. The summed E-state index contributed by atoms with van der Waals surface area (Å²) in [5.74, 6) is 1.32. The predicted molar refractivity (Wildman–Crippen MR) is 81.0 cm³/mol. The van der Waals surface area contributed by atoms with E-state index in [1.807, 2.05) is 16.8 Å². The molecule has 2 aromatic heterocycles. The van der Waals surface area contributed by atoms with Gasteiger partial charge in [0.1, 0.15) is 0 Å². The molecule has 0 unspecified atom stereocenters. The number of rotatable bonds is 5. The number of nitrogens with one attached hydrogen (secondary N) is 1. The van der Waals surface area contributed by atoms with Gasteiger partial charge in [-0.3, -0.25) is 0 Å². The van der Waals surface area contributed by atoms with Crippen LogP contribution in [0.1, 0.15) is 11.5 Å². The highest BCUT2D eigenvalue weighted by atomic mass is 32.1. The molecule has 20 heavy (non-hydrogen) atoms. The van der Waals surface area contributed by atoms with Crippen LogP contribution >= 0.6 is 11.3 Å². The number of hydrogen-bond donors (Lipinski definition) is 1. The van der Waals surface area contributed by atoms with E-state index in [0.717, 1.165) is 17.8 Å². The molecule has 0 bridgehead atoms. The van der Waals surface area contributed by atoms with Gasteiger partial charge in [0.05, 0.1) is 0 Å². The minimum absolute atomic E-state index is 0.658. The molecule has 5 heteroatoms. The zero-order valence-corrected chi connectivity index (χ0v) is 12.0. The Morgan fingerprint density at radius 2 is 2.05 bits per heavy atom. The molecule has 0 saturated heterocycles. The lowest BCUT2D eigenvalue weighted by molar-refractivity contribution is 0.381. The largest absolute Gasteiger partial charge is 0.385 e. The molecule has 0 spiro atoms. The van der Waals surface area contributed by atoms with Crippen LogP contribution in [0.4, 0.5) is 5.69 Å². The number of anilines is 1. The Morgan fingerprint density at radius 1 is 1.20 bits per heavy atom. The lowest BCUT2D eigenvalue weighted by Gasteiger charge is -2.04. The van der Waals surface area contributed by atoms with Crippen molar-refractivity contribution in [1.82, 2.24) is 10.1 Å². The van der Waals surface area contributed by atoms with E-state index in [9.17, 15) is 0 Å². The Kier molecular flexibility index (Phi) is 3.78. The third-order valence-electron chi connectivity index (χ3n) is 2.97. The first-order valence-electron chi connectivity index (χ1n) is 6.47. The minimum Gasteiger partial charge on any atom is -0.385 e. The zero-order chi connectivity index (χ0) is 13.8.